The van der Waals surface area contributed by atoms with Crippen LogP contribution in [0.2, 0.25) is 0 Å². The molecule has 2 aromatic rings. The van der Waals surface area contributed by atoms with Crippen LogP contribution in [0, 0.1) is 11.8 Å². The van der Waals surface area contributed by atoms with Gasteiger partial charge in [0.15, 0.2) is 0 Å². The number of ether oxygens (including phenoxy) is 1. The van der Waals surface area contributed by atoms with Crippen LogP contribution < -0.4 is 5.32 Å². The number of benzene rings is 2. The van der Waals surface area contributed by atoms with Gasteiger partial charge in [-0.2, -0.15) is 0 Å². The zero-order chi connectivity index (χ0) is 27.3. The lowest BCUT2D eigenvalue weighted by atomic mass is 9.95. The molecule has 0 atom stereocenters. The van der Waals surface area contributed by atoms with E-state index in [0.717, 1.165) is 12.8 Å². The van der Waals surface area contributed by atoms with Gasteiger partial charge in [-0.25, -0.2) is 0 Å². The minimum Gasteiger partial charge on any atom is -0.481 e. The Morgan fingerprint density at radius 1 is 0.763 bits per heavy atom. The molecule has 2 saturated heterocycles. The Balaban J connectivity index is 0.000000215. The van der Waals surface area contributed by atoms with E-state index < -0.39 is 5.97 Å². The number of aliphatic carboxylic acids is 1. The Kier molecular flexibility index (Phi) is 11.3. The van der Waals surface area contributed by atoms with Crippen LogP contribution in [-0.2, 0) is 14.3 Å². The molecule has 0 aromatic heterocycles. The largest absolute Gasteiger partial charge is 0.481 e. The summed E-state index contributed by atoms with van der Waals surface area (Å²) < 4.78 is 4.91. The molecule has 38 heavy (non-hydrogen) atoms. The topological polar surface area (TPSA) is 116 Å². The van der Waals surface area contributed by atoms with Gasteiger partial charge in [-0.05, 0) is 49.9 Å². The van der Waals surface area contributed by atoms with Crippen molar-refractivity contribution in [2.45, 2.75) is 25.7 Å². The van der Waals surface area contributed by atoms with E-state index in [4.69, 9.17) is 9.84 Å². The first kappa shape index (κ1) is 28.8. The third-order valence-electron chi connectivity index (χ3n) is 6.93. The van der Waals surface area contributed by atoms with E-state index in [1.807, 2.05) is 53.4 Å². The number of hydrogen-bond donors (Lipinski definition) is 2. The first-order valence-corrected chi connectivity index (χ1v) is 13.1. The number of amides is 3. The molecule has 2 aromatic carbocycles. The van der Waals surface area contributed by atoms with Crippen LogP contribution >= 0.6 is 0 Å². The molecule has 0 aliphatic carbocycles. The average molecular weight is 524 g/mol. The predicted molar refractivity (Wildman–Crippen MR) is 143 cm³/mol. The van der Waals surface area contributed by atoms with E-state index in [0.29, 0.717) is 63.3 Å². The van der Waals surface area contributed by atoms with Crippen LogP contribution in [0.25, 0.3) is 0 Å². The molecular weight excluding hydrogens is 486 g/mol. The highest BCUT2D eigenvalue weighted by molar-refractivity contribution is 5.95. The van der Waals surface area contributed by atoms with Gasteiger partial charge in [-0.3, -0.25) is 19.2 Å². The number of methoxy groups -OCH3 is 1. The van der Waals surface area contributed by atoms with Crippen LogP contribution in [-0.4, -0.2) is 85.0 Å². The predicted octanol–water partition coefficient (Wildman–Crippen LogP) is 2.92. The lowest BCUT2D eigenvalue weighted by Gasteiger charge is -2.31. The van der Waals surface area contributed by atoms with Crippen LogP contribution in [0.15, 0.2) is 60.7 Å². The highest BCUT2D eigenvalue weighted by Crippen LogP contribution is 2.20. The summed E-state index contributed by atoms with van der Waals surface area (Å²) in [6, 6.07) is 18.4. The van der Waals surface area contributed by atoms with Gasteiger partial charge in [-0.15, -0.1) is 0 Å². The molecule has 0 radical (unpaired) electrons. The maximum absolute atomic E-state index is 12.3. The van der Waals surface area contributed by atoms with Crippen LogP contribution in [0.4, 0.5) is 0 Å². The minimum atomic E-state index is -0.753. The van der Waals surface area contributed by atoms with Crippen molar-refractivity contribution < 1.29 is 29.0 Å². The summed E-state index contributed by atoms with van der Waals surface area (Å²) in [4.78, 5) is 50.7. The fourth-order valence-corrected chi connectivity index (χ4v) is 4.62. The maximum atomic E-state index is 12.3. The highest BCUT2D eigenvalue weighted by atomic mass is 16.5. The molecule has 9 nitrogen and oxygen atoms in total. The normalized spacial score (nSPS) is 16.2. The Labute approximate surface area is 223 Å². The average Bonchev–Trinajstić information content (AvgIpc) is 2.98. The first-order valence-electron chi connectivity index (χ1n) is 13.1. The number of carbonyl (C=O) groups is 4. The molecular formula is C29H37N3O6. The van der Waals surface area contributed by atoms with Crippen molar-refractivity contribution in [3.63, 3.8) is 0 Å². The molecule has 0 bridgehead atoms. The van der Waals surface area contributed by atoms with E-state index in [9.17, 15) is 19.2 Å². The fraction of sp³-hybridized carbons (Fsp3) is 0.448. The summed E-state index contributed by atoms with van der Waals surface area (Å²) in [5.41, 5.74) is 1.38. The molecule has 2 N–H and O–H groups in total. The van der Waals surface area contributed by atoms with E-state index in [-0.39, 0.29) is 29.6 Å². The molecule has 0 spiro atoms. The number of hydrogen-bond acceptors (Lipinski definition) is 5. The summed E-state index contributed by atoms with van der Waals surface area (Å²) >= 11 is 0. The van der Waals surface area contributed by atoms with Crippen molar-refractivity contribution in [3.8, 4) is 0 Å². The SMILES string of the molecule is COCCNC(=O)C1CCN(C(=O)c2ccccc2)CC1.O=C(O)C1CCN(C(=O)c2ccccc2)CC1. The Morgan fingerprint density at radius 3 is 1.58 bits per heavy atom. The lowest BCUT2D eigenvalue weighted by Crippen LogP contribution is -2.43. The molecule has 3 amide bonds. The molecule has 4 rings (SSSR count). The third-order valence-corrected chi connectivity index (χ3v) is 6.93. The number of nitrogens with zero attached hydrogens (tertiary/aromatic N) is 2. The molecule has 2 aliphatic heterocycles. The number of carboxylic acid groups (broad SMARTS) is 1. The molecule has 0 saturated carbocycles. The number of nitrogens with one attached hydrogen (secondary N) is 1. The Morgan fingerprint density at radius 2 is 1.18 bits per heavy atom. The van der Waals surface area contributed by atoms with E-state index in [2.05, 4.69) is 5.32 Å². The lowest BCUT2D eigenvalue weighted by molar-refractivity contribution is -0.143. The standard InChI is InChI=1S/C16H22N2O3.C13H15NO3/c1-21-12-9-17-15(19)13-7-10-18(11-8-13)16(20)14-5-3-2-4-6-14;15-12(10-4-2-1-3-5-10)14-8-6-11(7-9-14)13(16)17/h2-6,13H,7-12H2,1H3,(H,17,19);1-5,11H,6-9H2,(H,16,17). The minimum absolute atomic E-state index is 0.00156. The first-order chi connectivity index (χ1) is 18.4. The van der Waals surface area contributed by atoms with E-state index >= 15 is 0 Å². The summed E-state index contributed by atoms with van der Waals surface area (Å²) in [5, 5.41) is 11.7. The van der Waals surface area contributed by atoms with Crippen molar-refractivity contribution in [2.75, 3.05) is 46.4 Å². The molecule has 2 heterocycles. The summed E-state index contributed by atoms with van der Waals surface area (Å²) in [5.74, 6) is -0.935. The number of carboxylic acids is 1. The fourth-order valence-electron chi connectivity index (χ4n) is 4.62. The molecule has 2 fully saturated rings. The van der Waals surface area contributed by atoms with E-state index in [1.165, 1.54) is 0 Å². The summed E-state index contributed by atoms with van der Waals surface area (Å²) in [6.45, 7) is 3.40. The second-order valence-electron chi connectivity index (χ2n) is 9.49. The molecule has 0 unspecified atom stereocenters. The smallest absolute Gasteiger partial charge is 0.306 e. The van der Waals surface area contributed by atoms with Gasteiger partial charge in [-0.1, -0.05) is 36.4 Å². The highest BCUT2D eigenvalue weighted by Gasteiger charge is 2.28. The van der Waals surface area contributed by atoms with Crippen molar-refractivity contribution in [2.24, 2.45) is 11.8 Å². The molecule has 2 aliphatic rings. The summed E-state index contributed by atoms with van der Waals surface area (Å²) in [6.07, 6.45) is 2.54. The second kappa shape index (κ2) is 14.9. The molecule has 9 heteroatoms. The van der Waals surface area contributed by atoms with Gasteiger partial charge < -0.3 is 25.0 Å². The number of piperidine rings is 2. The monoisotopic (exact) mass is 523 g/mol. The van der Waals surface area contributed by atoms with E-state index in [1.54, 1.807) is 24.1 Å². The number of likely N-dealkylation sites (tertiary alicyclic amines) is 2. The quantitative estimate of drug-likeness (QED) is 0.539. The molecule has 204 valence electrons. The Hall–Kier alpha value is -3.72. The van der Waals surface area contributed by atoms with Crippen molar-refractivity contribution in [1.29, 1.82) is 0 Å². The van der Waals surface area contributed by atoms with Gasteiger partial charge in [0.2, 0.25) is 5.91 Å². The second-order valence-corrected chi connectivity index (χ2v) is 9.49. The Bertz CT molecular complexity index is 1050. The van der Waals surface area contributed by atoms with Gasteiger partial charge in [0, 0.05) is 56.9 Å². The van der Waals surface area contributed by atoms with Gasteiger partial charge in [0.05, 0.1) is 12.5 Å². The van der Waals surface area contributed by atoms with Gasteiger partial charge >= 0.3 is 5.97 Å². The van der Waals surface area contributed by atoms with Gasteiger partial charge in [0.25, 0.3) is 11.8 Å². The van der Waals surface area contributed by atoms with Crippen molar-refractivity contribution >= 4 is 23.7 Å². The van der Waals surface area contributed by atoms with Crippen LogP contribution in [0.3, 0.4) is 0 Å². The zero-order valence-electron chi connectivity index (χ0n) is 21.9. The number of carbonyl (C=O) groups excluding carboxylic acids is 3. The van der Waals surface area contributed by atoms with Crippen LogP contribution in [0.5, 0.6) is 0 Å². The van der Waals surface area contributed by atoms with Crippen LogP contribution in [0.1, 0.15) is 46.4 Å². The van der Waals surface area contributed by atoms with Crippen molar-refractivity contribution in [3.05, 3.63) is 71.8 Å². The van der Waals surface area contributed by atoms with Gasteiger partial charge in [0.1, 0.15) is 0 Å². The third kappa shape index (κ3) is 8.41. The zero-order valence-corrected chi connectivity index (χ0v) is 21.9. The van der Waals surface area contributed by atoms with Crippen molar-refractivity contribution in [1.82, 2.24) is 15.1 Å². The number of rotatable bonds is 7. The maximum Gasteiger partial charge on any atom is 0.306 e. The summed E-state index contributed by atoms with van der Waals surface area (Å²) in [7, 11) is 1.61.